The fraction of sp³-hybridized carbons (Fsp3) is 0.625. The largest absolute Gasteiger partial charge is 0.304 e. The van der Waals surface area contributed by atoms with E-state index < -0.39 is 10.0 Å². The van der Waals surface area contributed by atoms with Crippen molar-refractivity contribution in [3.8, 4) is 0 Å². The van der Waals surface area contributed by atoms with E-state index in [0.717, 1.165) is 50.3 Å². The van der Waals surface area contributed by atoms with Gasteiger partial charge in [-0.1, -0.05) is 12.1 Å². The minimum atomic E-state index is -3.40. The van der Waals surface area contributed by atoms with Crippen LogP contribution in [0.2, 0.25) is 0 Å². The van der Waals surface area contributed by atoms with Crippen molar-refractivity contribution in [3.63, 3.8) is 0 Å². The van der Waals surface area contributed by atoms with Crippen LogP contribution in [0.25, 0.3) is 0 Å². The summed E-state index contributed by atoms with van der Waals surface area (Å²) in [6.45, 7) is 9.50. The maximum absolute atomic E-state index is 12.4. The molecule has 1 saturated heterocycles. The van der Waals surface area contributed by atoms with E-state index in [2.05, 4.69) is 21.6 Å². The van der Waals surface area contributed by atoms with E-state index in [4.69, 9.17) is 0 Å². The molecule has 6 heteroatoms. The molecular weight excluding hydrogens is 298 g/mol. The Morgan fingerprint density at radius 3 is 2.50 bits per heavy atom. The predicted octanol–water partition coefficient (Wildman–Crippen LogP) is 1.22. The number of likely N-dealkylation sites (N-methyl/N-ethyl adjacent to an activating group) is 1. The topological polar surface area (TPSA) is 52.7 Å². The molecule has 1 aliphatic rings. The van der Waals surface area contributed by atoms with Gasteiger partial charge in [-0.05, 0) is 51.1 Å². The normalized spacial score (nSPS) is 17.8. The van der Waals surface area contributed by atoms with Crippen LogP contribution in [0, 0.1) is 13.8 Å². The maximum Gasteiger partial charge on any atom is 0.240 e. The van der Waals surface area contributed by atoms with E-state index in [1.54, 1.807) is 6.07 Å². The first-order valence-electron chi connectivity index (χ1n) is 7.86. The molecule has 0 unspecified atom stereocenters. The quantitative estimate of drug-likeness (QED) is 0.799. The molecule has 5 nitrogen and oxygen atoms in total. The van der Waals surface area contributed by atoms with Gasteiger partial charge in [0, 0.05) is 32.7 Å². The second kappa shape index (κ2) is 7.55. The first-order chi connectivity index (χ1) is 10.4. The second-order valence-corrected chi connectivity index (χ2v) is 7.90. The Labute approximate surface area is 134 Å². The number of hydrogen-bond acceptors (Lipinski definition) is 4. The lowest BCUT2D eigenvalue weighted by atomic mass is 10.2. The van der Waals surface area contributed by atoms with Crippen molar-refractivity contribution in [2.45, 2.75) is 25.2 Å². The molecule has 22 heavy (non-hydrogen) atoms. The van der Waals surface area contributed by atoms with Gasteiger partial charge < -0.3 is 9.80 Å². The minimum absolute atomic E-state index is 0.395. The van der Waals surface area contributed by atoms with Crippen molar-refractivity contribution in [1.82, 2.24) is 14.5 Å². The summed E-state index contributed by atoms with van der Waals surface area (Å²) < 4.78 is 27.5. The summed E-state index contributed by atoms with van der Waals surface area (Å²) in [6, 6.07) is 5.52. The first kappa shape index (κ1) is 17.4. The molecular formula is C16H27N3O2S. The average Bonchev–Trinajstić information content (AvgIpc) is 2.48. The van der Waals surface area contributed by atoms with Crippen LogP contribution in [0.15, 0.2) is 23.1 Å². The Morgan fingerprint density at radius 2 is 1.82 bits per heavy atom. The van der Waals surface area contributed by atoms with Crippen molar-refractivity contribution in [3.05, 3.63) is 29.3 Å². The Hall–Kier alpha value is -0.950. The molecule has 0 atom stereocenters. The van der Waals surface area contributed by atoms with Gasteiger partial charge >= 0.3 is 0 Å². The summed E-state index contributed by atoms with van der Waals surface area (Å²) in [5.74, 6) is 0. The molecule has 0 radical (unpaired) electrons. The van der Waals surface area contributed by atoms with E-state index >= 15 is 0 Å². The Morgan fingerprint density at radius 1 is 1.14 bits per heavy atom. The molecule has 0 amide bonds. The van der Waals surface area contributed by atoms with Gasteiger partial charge in [-0.3, -0.25) is 0 Å². The zero-order valence-corrected chi connectivity index (χ0v) is 14.6. The molecule has 1 fully saturated rings. The summed E-state index contributed by atoms with van der Waals surface area (Å²) >= 11 is 0. The maximum atomic E-state index is 12.4. The zero-order chi connectivity index (χ0) is 16.2. The van der Waals surface area contributed by atoms with Crippen molar-refractivity contribution >= 4 is 10.0 Å². The van der Waals surface area contributed by atoms with Crippen LogP contribution in [-0.4, -0.2) is 64.5 Å². The lowest BCUT2D eigenvalue weighted by Gasteiger charge is -2.32. The van der Waals surface area contributed by atoms with Crippen LogP contribution < -0.4 is 4.72 Å². The molecule has 0 saturated carbocycles. The number of rotatable bonds is 6. The van der Waals surface area contributed by atoms with Crippen LogP contribution >= 0.6 is 0 Å². The van der Waals surface area contributed by atoms with E-state index in [1.807, 2.05) is 26.0 Å². The molecule has 1 aromatic carbocycles. The van der Waals surface area contributed by atoms with Crippen LogP contribution in [0.1, 0.15) is 17.5 Å². The van der Waals surface area contributed by atoms with Crippen molar-refractivity contribution in [1.29, 1.82) is 0 Å². The molecule has 1 aliphatic heterocycles. The molecule has 1 N–H and O–H groups in total. The number of benzene rings is 1. The van der Waals surface area contributed by atoms with E-state index in [0.29, 0.717) is 11.4 Å². The standard InChI is InChI=1S/C16H27N3O2S/c1-14-5-6-15(2)16(13-14)22(20,21)17-7-4-8-19-11-9-18(3)10-12-19/h5-6,13,17H,4,7-12H2,1-3H3. The van der Waals surface area contributed by atoms with Gasteiger partial charge in [0.15, 0.2) is 0 Å². The van der Waals surface area contributed by atoms with Crippen molar-refractivity contribution in [2.75, 3.05) is 46.3 Å². The van der Waals surface area contributed by atoms with E-state index in [1.165, 1.54) is 0 Å². The fourth-order valence-electron chi connectivity index (χ4n) is 2.66. The molecule has 2 rings (SSSR count). The van der Waals surface area contributed by atoms with Gasteiger partial charge in [0.2, 0.25) is 10.0 Å². The monoisotopic (exact) mass is 325 g/mol. The van der Waals surface area contributed by atoms with Gasteiger partial charge in [0.25, 0.3) is 0 Å². The molecule has 1 aromatic rings. The number of nitrogens with one attached hydrogen (secondary N) is 1. The number of hydrogen-bond donors (Lipinski definition) is 1. The Bertz CT molecular complexity index is 593. The first-order valence-corrected chi connectivity index (χ1v) is 9.34. The Kier molecular flexibility index (Phi) is 5.97. The lowest BCUT2D eigenvalue weighted by Crippen LogP contribution is -2.45. The summed E-state index contributed by atoms with van der Waals surface area (Å²) in [7, 11) is -1.27. The van der Waals surface area contributed by atoms with Gasteiger partial charge in [-0.2, -0.15) is 0 Å². The van der Waals surface area contributed by atoms with Crippen LogP contribution in [-0.2, 0) is 10.0 Å². The van der Waals surface area contributed by atoms with Crippen LogP contribution in [0.5, 0.6) is 0 Å². The summed E-state index contributed by atoms with van der Waals surface area (Å²) in [5.41, 5.74) is 1.75. The van der Waals surface area contributed by atoms with Gasteiger partial charge in [0.05, 0.1) is 4.90 Å². The number of aryl methyl sites for hydroxylation is 2. The highest BCUT2D eigenvalue weighted by molar-refractivity contribution is 7.89. The third kappa shape index (κ3) is 4.78. The minimum Gasteiger partial charge on any atom is -0.304 e. The average molecular weight is 325 g/mol. The summed E-state index contributed by atoms with van der Waals surface area (Å²) in [4.78, 5) is 5.11. The summed E-state index contributed by atoms with van der Waals surface area (Å²) in [5, 5.41) is 0. The predicted molar refractivity (Wildman–Crippen MR) is 89.7 cm³/mol. The van der Waals surface area contributed by atoms with Crippen molar-refractivity contribution in [2.24, 2.45) is 0 Å². The highest BCUT2D eigenvalue weighted by Crippen LogP contribution is 2.16. The van der Waals surface area contributed by atoms with Gasteiger partial charge in [0.1, 0.15) is 0 Å². The molecule has 0 aliphatic carbocycles. The number of piperazine rings is 1. The summed E-state index contributed by atoms with van der Waals surface area (Å²) in [6.07, 6.45) is 0.841. The van der Waals surface area contributed by atoms with E-state index in [-0.39, 0.29) is 0 Å². The van der Waals surface area contributed by atoms with Crippen LogP contribution in [0.3, 0.4) is 0 Å². The molecule has 0 aromatic heterocycles. The Balaban J connectivity index is 1.82. The van der Waals surface area contributed by atoms with Gasteiger partial charge in [-0.25, -0.2) is 13.1 Å². The second-order valence-electron chi connectivity index (χ2n) is 6.17. The van der Waals surface area contributed by atoms with Crippen molar-refractivity contribution < 1.29 is 8.42 Å². The van der Waals surface area contributed by atoms with Crippen LogP contribution in [0.4, 0.5) is 0 Å². The molecule has 1 heterocycles. The van der Waals surface area contributed by atoms with E-state index in [9.17, 15) is 8.42 Å². The fourth-order valence-corrected chi connectivity index (χ4v) is 4.06. The third-order valence-corrected chi connectivity index (χ3v) is 5.78. The zero-order valence-electron chi connectivity index (χ0n) is 13.8. The number of sulfonamides is 1. The number of nitrogens with zero attached hydrogens (tertiary/aromatic N) is 2. The lowest BCUT2D eigenvalue weighted by molar-refractivity contribution is 0.153. The molecule has 0 spiro atoms. The smallest absolute Gasteiger partial charge is 0.240 e. The molecule has 124 valence electrons. The highest BCUT2D eigenvalue weighted by Gasteiger charge is 2.17. The van der Waals surface area contributed by atoms with Gasteiger partial charge in [-0.15, -0.1) is 0 Å². The highest BCUT2D eigenvalue weighted by atomic mass is 32.2. The molecule has 0 bridgehead atoms. The third-order valence-electron chi connectivity index (χ3n) is 4.17. The SMILES string of the molecule is Cc1ccc(C)c(S(=O)(=O)NCCCN2CCN(C)CC2)c1.